The summed E-state index contributed by atoms with van der Waals surface area (Å²) < 4.78 is 1.34. The molecule has 0 aromatic carbocycles. The van der Waals surface area contributed by atoms with Crippen molar-refractivity contribution in [2.24, 2.45) is 0 Å². The van der Waals surface area contributed by atoms with Crippen molar-refractivity contribution in [1.82, 2.24) is 0 Å². The van der Waals surface area contributed by atoms with E-state index in [1.807, 2.05) is 6.20 Å². The summed E-state index contributed by atoms with van der Waals surface area (Å²) in [5.74, 6) is 0. The molecule has 0 atom stereocenters. The first-order chi connectivity index (χ1) is 3.39. The van der Waals surface area contributed by atoms with Crippen molar-refractivity contribution in [1.29, 1.82) is 0 Å². The van der Waals surface area contributed by atoms with Crippen LogP contribution >= 0.6 is 0 Å². The van der Waals surface area contributed by atoms with Crippen LogP contribution in [0.15, 0.2) is 12.3 Å². The van der Waals surface area contributed by atoms with E-state index in [4.69, 9.17) is 0 Å². The summed E-state index contributed by atoms with van der Waals surface area (Å²) in [4.78, 5) is 0. The van der Waals surface area contributed by atoms with Crippen LogP contribution in [-0.2, 0) is 19.4 Å². The van der Waals surface area contributed by atoms with Crippen LogP contribution in [0.1, 0.15) is 12.8 Å². The molecule has 0 amide bonds. The summed E-state index contributed by atoms with van der Waals surface area (Å²) >= 11 is 1.51. The van der Waals surface area contributed by atoms with E-state index in [1.54, 1.807) is 0 Å². The van der Waals surface area contributed by atoms with E-state index in [0.717, 1.165) is 0 Å². The van der Waals surface area contributed by atoms with Gasteiger partial charge in [0.2, 0.25) is 0 Å². The van der Waals surface area contributed by atoms with E-state index in [1.165, 1.54) is 36.2 Å². The molecule has 0 bridgehead atoms. The third-order valence-corrected chi connectivity index (χ3v) is 1.96. The second-order valence-electron chi connectivity index (χ2n) is 1.45. The first-order valence-electron chi connectivity index (χ1n) is 2.28. The average Bonchev–Trinajstić information content (AvgIpc) is 1.69. The molecule has 1 aliphatic heterocycles. The molecule has 1 rings (SSSR count). The summed E-state index contributed by atoms with van der Waals surface area (Å²) in [7, 11) is 0. The molecule has 8 heavy (non-hydrogen) atoms. The molecule has 1 heterocycles. The Morgan fingerprint density at radius 3 is 2.62 bits per heavy atom. The molecule has 0 radical (unpaired) electrons. The van der Waals surface area contributed by atoms with E-state index in [-0.39, 0.29) is 31.1 Å². The fraction of sp³-hybridized carbons (Fsp3) is 0.400. The van der Waals surface area contributed by atoms with Gasteiger partial charge in [-0.15, -0.1) is 0 Å². The third-order valence-electron chi connectivity index (χ3n) is 0.849. The van der Waals surface area contributed by atoms with Crippen LogP contribution < -0.4 is 0 Å². The molecule has 1 aliphatic rings. The van der Waals surface area contributed by atoms with Crippen molar-refractivity contribution in [3.63, 3.8) is 0 Å². The van der Waals surface area contributed by atoms with Gasteiger partial charge < -0.3 is 0 Å². The van der Waals surface area contributed by atoms with Crippen LogP contribution in [0.25, 0.3) is 5.32 Å². The number of hydrogen-bond donors (Lipinski definition) is 0. The minimum absolute atomic E-state index is 0. The van der Waals surface area contributed by atoms with E-state index in [0.29, 0.717) is 0 Å². The zero-order chi connectivity index (χ0) is 5.11. The van der Waals surface area contributed by atoms with Gasteiger partial charge in [0.05, 0.1) is 0 Å². The van der Waals surface area contributed by atoms with E-state index in [2.05, 4.69) is 11.4 Å². The molecule has 0 aliphatic carbocycles. The van der Waals surface area contributed by atoms with Crippen molar-refractivity contribution in [2.45, 2.75) is 12.8 Å². The normalized spacial score (nSPS) is 16.8. The maximum atomic E-state index is 4.10. The Hall–Kier alpha value is 1.15. The fourth-order valence-electron chi connectivity index (χ4n) is 0.482. The van der Waals surface area contributed by atoms with Crippen LogP contribution in [0, 0.1) is 31.1 Å². The number of hydrogen-bond acceptors (Lipinski definition) is 0. The summed E-state index contributed by atoms with van der Waals surface area (Å²) in [6.45, 7) is 0. The SMILES string of the molecule is [U].[W]=[C]1CCC=C[N-]1. The molecule has 0 unspecified atom stereocenters. The molecule has 0 saturated heterocycles. The molecular formula is C5H6NUW-. The first kappa shape index (κ1) is 9.15. The Bertz CT molecular complexity index is 111. The van der Waals surface area contributed by atoms with Gasteiger partial charge in [0.25, 0.3) is 0 Å². The van der Waals surface area contributed by atoms with Gasteiger partial charge >= 0.3 is 53.8 Å². The van der Waals surface area contributed by atoms with Crippen molar-refractivity contribution in [3.8, 4) is 0 Å². The van der Waals surface area contributed by atoms with Gasteiger partial charge in [-0.25, -0.2) is 0 Å². The van der Waals surface area contributed by atoms with Crippen LogP contribution in [0.3, 0.4) is 0 Å². The molecule has 0 N–H and O–H groups in total. The van der Waals surface area contributed by atoms with Gasteiger partial charge in [-0.05, 0) is 0 Å². The molecule has 1 nitrogen and oxygen atoms in total. The van der Waals surface area contributed by atoms with Gasteiger partial charge in [-0.2, -0.15) is 0 Å². The topological polar surface area (TPSA) is 14.1 Å². The van der Waals surface area contributed by atoms with Crippen LogP contribution in [0.5, 0.6) is 0 Å². The Balaban J connectivity index is 0.000000490. The van der Waals surface area contributed by atoms with Crippen molar-refractivity contribution >= 4 is 4.02 Å². The predicted molar refractivity (Wildman–Crippen MR) is 26.7 cm³/mol. The molecule has 0 aromatic heterocycles. The van der Waals surface area contributed by atoms with Gasteiger partial charge in [0.15, 0.2) is 0 Å². The van der Waals surface area contributed by atoms with Gasteiger partial charge in [0.1, 0.15) is 0 Å². The molecule has 0 aromatic rings. The quantitative estimate of drug-likeness (QED) is 0.476. The second kappa shape index (κ2) is 4.98. The van der Waals surface area contributed by atoms with Crippen LogP contribution in [0.2, 0.25) is 0 Å². The molecule has 0 spiro atoms. The average molecular weight is 502 g/mol. The summed E-state index contributed by atoms with van der Waals surface area (Å²) in [6, 6.07) is 0. The van der Waals surface area contributed by atoms with Crippen molar-refractivity contribution in [2.75, 3.05) is 0 Å². The maximum absolute atomic E-state index is 4.10. The Kier molecular flexibility index (Phi) is 5.69. The van der Waals surface area contributed by atoms with Gasteiger partial charge in [0, 0.05) is 31.1 Å². The number of allylic oxidation sites excluding steroid dienone is 1. The van der Waals surface area contributed by atoms with E-state index < -0.39 is 0 Å². The van der Waals surface area contributed by atoms with E-state index in [9.17, 15) is 0 Å². The Labute approximate surface area is 84.1 Å². The molecule has 3 heteroatoms. The zero-order valence-electron chi connectivity index (χ0n) is 4.42. The minimum atomic E-state index is 0. The van der Waals surface area contributed by atoms with Crippen molar-refractivity contribution in [3.05, 3.63) is 17.6 Å². The third kappa shape index (κ3) is 3.23. The van der Waals surface area contributed by atoms with Gasteiger partial charge in [-0.1, -0.05) is 0 Å². The van der Waals surface area contributed by atoms with Crippen LogP contribution in [0.4, 0.5) is 0 Å². The van der Waals surface area contributed by atoms with E-state index >= 15 is 0 Å². The molecule has 42 valence electrons. The molecular weight excluding hydrogens is 496 g/mol. The molecule has 0 saturated carbocycles. The first-order valence-corrected chi connectivity index (χ1v) is 3.75. The Morgan fingerprint density at radius 2 is 2.38 bits per heavy atom. The monoisotopic (exact) mass is 502 g/mol. The zero-order valence-corrected chi connectivity index (χ0v) is 11.5. The molecule has 0 fully saturated rings. The number of rotatable bonds is 0. The summed E-state index contributed by atoms with van der Waals surface area (Å²) in [5.41, 5.74) is 0. The van der Waals surface area contributed by atoms with Crippen LogP contribution in [-0.4, -0.2) is 4.02 Å². The fourth-order valence-corrected chi connectivity index (χ4v) is 1.12. The van der Waals surface area contributed by atoms with Gasteiger partial charge in [-0.3, -0.25) is 0 Å². The Morgan fingerprint density at radius 1 is 1.62 bits per heavy atom. The summed E-state index contributed by atoms with van der Waals surface area (Å²) in [5, 5.41) is 4.10. The standard InChI is InChI=1S/C5H6N.U.W/c1-2-4-6-5-3-1;;/h2,4H,1,3H2;;/q-1;;. The number of nitrogens with zero attached hydrogens (tertiary/aromatic N) is 1. The summed E-state index contributed by atoms with van der Waals surface area (Å²) in [6.07, 6.45) is 6.38. The van der Waals surface area contributed by atoms with Crippen molar-refractivity contribution < 1.29 is 50.5 Å². The second-order valence-corrected chi connectivity index (χ2v) is 3.14. The predicted octanol–water partition coefficient (Wildman–Crippen LogP) is 1.34.